The summed E-state index contributed by atoms with van der Waals surface area (Å²) in [6, 6.07) is 20.4. The molecular formula is C32H51N3O5Si. The van der Waals surface area contributed by atoms with Gasteiger partial charge in [-0.05, 0) is 63.4 Å². The number of carbonyl (C=O) groups is 2. The molecule has 0 saturated heterocycles. The Labute approximate surface area is 247 Å². The van der Waals surface area contributed by atoms with Crippen molar-refractivity contribution < 1.29 is 23.5 Å². The van der Waals surface area contributed by atoms with E-state index in [1.54, 1.807) is 0 Å². The van der Waals surface area contributed by atoms with E-state index in [1.807, 2.05) is 77.9 Å². The molecule has 0 aliphatic heterocycles. The number of amides is 2. The van der Waals surface area contributed by atoms with Gasteiger partial charge in [-0.15, -0.1) is 0 Å². The van der Waals surface area contributed by atoms with Crippen LogP contribution >= 0.6 is 0 Å². The number of alkyl carbamates (subject to hydrolysis) is 2. The largest absolute Gasteiger partial charge is 0.444 e. The van der Waals surface area contributed by atoms with Gasteiger partial charge in [-0.1, -0.05) is 81.4 Å². The first kappa shape index (κ1) is 34.3. The molecule has 2 amide bonds. The Bertz CT molecular complexity index is 1050. The minimum atomic E-state index is -2.82. The molecule has 0 spiro atoms. The topological polar surface area (TPSA) is 112 Å². The van der Waals surface area contributed by atoms with Crippen molar-refractivity contribution in [1.29, 1.82) is 0 Å². The van der Waals surface area contributed by atoms with Gasteiger partial charge in [0.15, 0.2) is 0 Å². The van der Waals surface area contributed by atoms with Gasteiger partial charge in [-0.25, -0.2) is 9.59 Å². The first-order valence-corrected chi connectivity index (χ1v) is 16.3. The van der Waals surface area contributed by atoms with E-state index in [4.69, 9.17) is 19.6 Å². The van der Waals surface area contributed by atoms with Gasteiger partial charge in [0.1, 0.15) is 11.2 Å². The van der Waals surface area contributed by atoms with Crippen LogP contribution in [0.3, 0.4) is 0 Å². The number of hydrogen-bond donors (Lipinski definition) is 3. The summed E-state index contributed by atoms with van der Waals surface area (Å²) in [4.78, 5) is 25.1. The molecular weight excluding hydrogens is 534 g/mol. The molecule has 41 heavy (non-hydrogen) atoms. The lowest BCUT2D eigenvalue weighted by molar-refractivity contribution is 0.0471. The molecule has 2 atom stereocenters. The van der Waals surface area contributed by atoms with Gasteiger partial charge in [0.2, 0.25) is 0 Å². The average molecular weight is 586 g/mol. The lowest BCUT2D eigenvalue weighted by Gasteiger charge is -2.44. The fourth-order valence-electron chi connectivity index (χ4n) is 4.85. The third-order valence-electron chi connectivity index (χ3n) is 6.51. The molecule has 228 valence electrons. The second kappa shape index (κ2) is 14.3. The third-order valence-corrected chi connectivity index (χ3v) is 11.5. The van der Waals surface area contributed by atoms with E-state index in [0.29, 0.717) is 19.6 Å². The number of nitrogens with two attached hydrogens (primary N) is 1. The molecule has 2 unspecified atom stereocenters. The van der Waals surface area contributed by atoms with E-state index in [-0.39, 0.29) is 23.5 Å². The zero-order valence-electron chi connectivity index (χ0n) is 26.4. The minimum absolute atomic E-state index is 0.173. The molecule has 0 aromatic heterocycles. The molecule has 9 heteroatoms. The summed E-state index contributed by atoms with van der Waals surface area (Å²) in [6.45, 7) is 18.4. The normalized spacial score (nSPS) is 14.1. The van der Waals surface area contributed by atoms with Gasteiger partial charge in [0.25, 0.3) is 8.32 Å². The van der Waals surface area contributed by atoms with Crippen LogP contribution in [0.5, 0.6) is 0 Å². The summed E-state index contributed by atoms with van der Waals surface area (Å²) in [7, 11) is -2.82. The van der Waals surface area contributed by atoms with E-state index in [9.17, 15) is 9.59 Å². The van der Waals surface area contributed by atoms with E-state index < -0.39 is 31.7 Å². The number of benzene rings is 2. The molecule has 0 saturated carbocycles. The molecule has 0 radical (unpaired) electrons. The molecule has 4 N–H and O–H groups in total. The summed E-state index contributed by atoms with van der Waals surface area (Å²) in [6.07, 6.45) is -0.555. The van der Waals surface area contributed by atoms with Crippen molar-refractivity contribution >= 4 is 30.9 Å². The lowest BCUT2D eigenvalue weighted by atomic mass is 10.0. The molecule has 0 bridgehead atoms. The Morgan fingerprint density at radius 3 is 1.66 bits per heavy atom. The van der Waals surface area contributed by atoms with Gasteiger partial charge in [0, 0.05) is 31.7 Å². The number of hydrogen-bond acceptors (Lipinski definition) is 6. The fraction of sp³-hybridized carbons (Fsp3) is 0.562. The Hall–Kier alpha value is -2.88. The van der Waals surface area contributed by atoms with Gasteiger partial charge < -0.3 is 30.3 Å². The van der Waals surface area contributed by atoms with Crippen LogP contribution in [0, 0.1) is 5.92 Å². The predicted molar refractivity (Wildman–Crippen MR) is 168 cm³/mol. The van der Waals surface area contributed by atoms with Crippen LogP contribution in [0.2, 0.25) is 5.04 Å². The molecule has 2 aromatic carbocycles. The maximum absolute atomic E-state index is 12.6. The summed E-state index contributed by atoms with van der Waals surface area (Å²) < 4.78 is 18.1. The summed E-state index contributed by atoms with van der Waals surface area (Å²) in [5, 5.41) is 7.93. The molecule has 0 aliphatic rings. The van der Waals surface area contributed by atoms with Crippen LogP contribution < -0.4 is 26.7 Å². The van der Waals surface area contributed by atoms with E-state index in [2.05, 4.69) is 55.7 Å². The van der Waals surface area contributed by atoms with Crippen molar-refractivity contribution in [2.24, 2.45) is 11.7 Å². The quantitative estimate of drug-likeness (QED) is 0.322. The van der Waals surface area contributed by atoms with Crippen LogP contribution in [0.1, 0.15) is 68.7 Å². The van der Waals surface area contributed by atoms with E-state index in [1.165, 1.54) is 10.4 Å². The minimum Gasteiger partial charge on any atom is -0.444 e. The van der Waals surface area contributed by atoms with Crippen molar-refractivity contribution in [3.8, 4) is 0 Å². The maximum atomic E-state index is 12.6. The van der Waals surface area contributed by atoms with Crippen molar-refractivity contribution in [2.75, 3.05) is 19.7 Å². The van der Waals surface area contributed by atoms with Crippen molar-refractivity contribution in [1.82, 2.24) is 10.6 Å². The summed E-state index contributed by atoms with van der Waals surface area (Å²) in [5.41, 5.74) is 4.84. The average Bonchev–Trinajstić information content (AvgIpc) is 2.85. The predicted octanol–water partition coefficient (Wildman–Crippen LogP) is 4.95. The Kier molecular flexibility index (Phi) is 12.0. The Balaban J connectivity index is 2.40. The van der Waals surface area contributed by atoms with E-state index >= 15 is 0 Å². The van der Waals surface area contributed by atoms with Crippen LogP contribution in [-0.4, -0.2) is 57.4 Å². The molecule has 0 heterocycles. The number of nitrogens with one attached hydrogen (secondary N) is 2. The van der Waals surface area contributed by atoms with Crippen molar-refractivity contribution in [2.45, 2.75) is 91.0 Å². The van der Waals surface area contributed by atoms with E-state index in [0.717, 1.165) is 0 Å². The van der Waals surface area contributed by atoms with Gasteiger partial charge in [-0.2, -0.15) is 0 Å². The zero-order valence-corrected chi connectivity index (χ0v) is 27.4. The zero-order chi connectivity index (χ0) is 30.9. The second-order valence-corrected chi connectivity index (χ2v) is 17.8. The van der Waals surface area contributed by atoms with Crippen molar-refractivity contribution in [3.05, 3.63) is 60.7 Å². The van der Waals surface area contributed by atoms with Gasteiger partial charge >= 0.3 is 12.2 Å². The maximum Gasteiger partial charge on any atom is 0.407 e. The van der Waals surface area contributed by atoms with Crippen molar-refractivity contribution in [3.63, 3.8) is 0 Å². The molecule has 8 nitrogen and oxygen atoms in total. The Morgan fingerprint density at radius 2 is 1.24 bits per heavy atom. The SMILES string of the molecule is CC(C)(C)OC(=O)NCC(CO[Si](c1ccccc1)(c1ccccc1)C(C)(C)C)CC(CN)NC(=O)OC(C)(C)C. The van der Waals surface area contributed by atoms with Crippen LogP contribution in [0.25, 0.3) is 0 Å². The first-order valence-electron chi connectivity index (χ1n) is 14.4. The second-order valence-electron chi connectivity index (χ2n) is 13.5. The standard InChI is InChI=1S/C32H51N3O5Si/c1-30(2,3)39-28(36)34-22-24(20-25(21-33)35-29(37)40-31(4,5)6)23-38-41(32(7,8)9,26-16-12-10-13-17-26)27-18-14-11-15-19-27/h10-19,24-25H,20-23,33H2,1-9H3,(H,34,36)(H,35,37). The van der Waals surface area contributed by atoms with Gasteiger partial charge in [0.05, 0.1) is 0 Å². The van der Waals surface area contributed by atoms with Crippen LogP contribution in [0.4, 0.5) is 9.59 Å². The molecule has 2 rings (SSSR count). The molecule has 0 aliphatic carbocycles. The van der Waals surface area contributed by atoms with Crippen LogP contribution in [-0.2, 0) is 13.9 Å². The highest BCUT2D eigenvalue weighted by atomic mass is 28.4. The van der Waals surface area contributed by atoms with Gasteiger partial charge in [-0.3, -0.25) is 0 Å². The summed E-state index contributed by atoms with van der Waals surface area (Å²) in [5.74, 6) is -0.173. The fourth-order valence-corrected chi connectivity index (χ4v) is 9.49. The number of carbonyl (C=O) groups excluding carboxylic acids is 2. The summed E-state index contributed by atoms with van der Waals surface area (Å²) >= 11 is 0. The highest BCUT2D eigenvalue weighted by Gasteiger charge is 2.50. The highest BCUT2D eigenvalue weighted by molar-refractivity contribution is 6.99. The molecule has 2 aromatic rings. The monoisotopic (exact) mass is 585 g/mol. The third kappa shape index (κ3) is 10.8. The molecule has 0 fully saturated rings. The lowest BCUT2D eigenvalue weighted by Crippen LogP contribution is -2.67. The van der Waals surface area contributed by atoms with Crippen LogP contribution in [0.15, 0.2) is 60.7 Å². The smallest absolute Gasteiger partial charge is 0.407 e. The Morgan fingerprint density at radius 1 is 0.780 bits per heavy atom. The number of ether oxygens (including phenoxy) is 2. The number of rotatable bonds is 11. The first-order chi connectivity index (χ1) is 19.0. The highest BCUT2D eigenvalue weighted by Crippen LogP contribution is 2.37.